The molecule has 1 saturated heterocycles. The summed E-state index contributed by atoms with van der Waals surface area (Å²) in [6.45, 7) is 13.0. The van der Waals surface area contributed by atoms with E-state index in [0.29, 0.717) is 59.3 Å². The molecule has 13 heteroatoms. The first-order valence-corrected chi connectivity index (χ1v) is 17.9. The van der Waals surface area contributed by atoms with Crippen molar-refractivity contribution in [2.75, 3.05) is 70.4 Å². The van der Waals surface area contributed by atoms with Gasteiger partial charge in [0.05, 0.1) is 81.1 Å². The minimum absolute atomic E-state index is 0.122. The van der Waals surface area contributed by atoms with E-state index in [2.05, 4.69) is 38.2 Å². The Balaban J connectivity index is 1.40. The van der Waals surface area contributed by atoms with Gasteiger partial charge in [0.1, 0.15) is 6.04 Å². The molecular weight excluding hydrogens is 711 g/mol. The Kier molecular flexibility index (Phi) is 16.6. The summed E-state index contributed by atoms with van der Waals surface area (Å²) in [5.74, 6) is -0.472. The number of aliphatic hydroxyl groups is 1. The Morgan fingerprint density at radius 3 is 2.18 bits per heavy atom. The molecule has 1 aliphatic heterocycles. The van der Waals surface area contributed by atoms with Gasteiger partial charge in [-0.15, -0.1) is 11.3 Å². The molecule has 45 heavy (non-hydrogen) atoms. The first kappa shape index (κ1) is 37.7. The van der Waals surface area contributed by atoms with Crippen molar-refractivity contribution in [2.24, 2.45) is 5.41 Å². The van der Waals surface area contributed by atoms with E-state index in [1.165, 1.54) is 4.90 Å². The molecule has 0 aliphatic carbocycles. The van der Waals surface area contributed by atoms with Gasteiger partial charge in [-0.3, -0.25) is 9.59 Å². The van der Waals surface area contributed by atoms with Crippen LogP contribution in [0.1, 0.15) is 38.4 Å². The van der Waals surface area contributed by atoms with Crippen LogP contribution >= 0.6 is 33.9 Å². The van der Waals surface area contributed by atoms with Crippen LogP contribution in [0, 0.1) is 12.3 Å². The SMILES string of the molecule is Cc1ncsc1-c1ccc(CNC(=O)[C@@H]2C[C@@H](O)CN2C(=O)[C@@H](NCCOCCOCCOCCOCCI)C(C)(C)C)cc1. The number of aryl methyl sites for hydroxylation is 1. The van der Waals surface area contributed by atoms with Gasteiger partial charge in [0.25, 0.3) is 0 Å². The third-order valence-electron chi connectivity index (χ3n) is 7.34. The number of nitrogens with zero attached hydrogens (tertiary/aromatic N) is 2. The van der Waals surface area contributed by atoms with Crippen LogP contribution in [0.3, 0.4) is 0 Å². The smallest absolute Gasteiger partial charge is 0.243 e. The molecule has 252 valence electrons. The number of rotatable bonds is 20. The fraction of sp³-hybridized carbons (Fsp3) is 0.656. The largest absolute Gasteiger partial charge is 0.391 e. The highest BCUT2D eigenvalue weighted by atomic mass is 127. The molecule has 2 amide bonds. The van der Waals surface area contributed by atoms with Gasteiger partial charge in [-0.05, 0) is 23.5 Å². The highest BCUT2D eigenvalue weighted by Crippen LogP contribution is 2.28. The molecule has 3 N–H and O–H groups in total. The van der Waals surface area contributed by atoms with Gasteiger partial charge in [0, 0.05) is 30.5 Å². The monoisotopic (exact) mass is 760 g/mol. The van der Waals surface area contributed by atoms with Gasteiger partial charge >= 0.3 is 0 Å². The average Bonchev–Trinajstić information content (AvgIpc) is 3.62. The summed E-state index contributed by atoms with van der Waals surface area (Å²) in [6, 6.07) is 6.72. The van der Waals surface area contributed by atoms with E-state index in [-0.39, 0.29) is 24.8 Å². The van der Waals surface area contributed by atoms with Crippen LogP contribution < -0.4 is 10.6 Å². The third-order valence-corrected chi connectivity index (χ3v) is 8.76. The van der Waals surface area contributed by atoms with Crippen molar-refractivity contribution in [2.45, 2.75) is 58.8 Å². The second-order valence-corrected chi connectivity index (χ2v) is 13.9. The molecule has 2 aromatic rings. The number of halogens is 1. The third kappa shape index (κ3) is 12.8. The van der Waals surface area contributed by atoms with Gasteiger partial charge < -0.3 is 39.6 Å². The van der Waals surface area contributed by atoms with Crippen molar-refractivity contribution >= 4 is 45.7 Å². The number of carbonyl (C=O) groups excluding carboxylic acids is 2. The molecule has 1 fully saturated rings. The number of amides is 2. The number of likely N-dealkylation sites (tertiary alicyclic amines) is 1. The molecule has 3 atom stereocenters. The minimum atomic E-state index is -0.755. The van der Waals surface area contributed by atoms with Crippen LogP contribution in [0.4, 0.5) is 0 Å². The number of nitrogens with one attached hydrogen (secondary N) is 2. The molecule has 0 saturated carbocycles. The Labute approximate surface area is 284 Å². The van der Waals surface area contributed by atoms with E-state index in [4.69, 9.17) is 18.9 Å². The summed E-state index contributed by atoms with van der Waals surface area (Å²) in [5.41, 5.74) is 4.44. The first-order valence-electron chi connectivity index (χ1n) is 15.5. The lowest BCUT2D eigenvalue weighted by Gasteiger charge is -2.35. The molecule has 0 spiro atoms. The normalized spacial score (nSPS) is 17.5. The highest BCUT2D eigenvalue weighted by molar-refractivity contribution is 14.1. The zero-order chi connectivity index (χ0) is 32.7. The Morgan fingerprint density at radius 2 is 1.62 bits per heavy atom. The maximum atomic E-state index is 13.8. The zero-order valence-electron chi connectivity index (χ0n) is 26.9. The van der Waals surface area contributed by atoms with Crippen LogP contribution in [0.25, 0.3) is 10.4 Å². The fourth-order valence-electron chi connectivity index (χ4n) is 4.99. The summed E-state index contributed by atoms with van der Waals surface area (Å²) in [6.07, 6.45) is -0.548. The molecule has 0 bridgehead atoms. The standard InChI is InChI=1S/C32H49IN4O7S/c1-23-28(45-22-36-23)25-7-5-24(6-8-25)20-35-30(39)27-19-26(38)21-37(27)31(40)29(32(2,3)4)34-10-12-42-14-16-44-18-17-43-15-13-41-11-9-33/h5-8,22,26-27,29,34,38H,9-21H2,1-4H3,(H,35,39)/t26-,27+,29-/m1/s1. The number of ether oxygens (including phenoxy) is 4. The van der Waals surface area contributed by atoms with Gasteiger partial charge in [-0.1, -0.05) is 67.6 Å². The highest BCUT2D eigenvalue weighted by Gasteiger charge is 2.43. The van der Waals surface area contributed by atoms with Crippen LogP contribution in [0.2, 0.25) is 0 Å². The number of benzene rings is 1. The van der Waals surface area contributed by atoms with E-state index in [9.17, 15) is 14.7 Å². The lowest BCUT2D eigenvalue weighted by molar-refractivity contribution is -0.142. The Bertz CT molecular complexity index is 1160. The number of aromatic nitrogens is 1. The maximum Gasteiger partial charge on any atom is 0.243 e. The van der Waals surface area contributed by atoms with Crippen molar-refractivity contribution < 1.29 is 33.6 Å². The Hall–Kier alpha value is -1.72. The van der Waals surface area contributed by atoms with E-state index < -0.39 is 23.6 Å². The molecule has 1 aromatic carbocycles. The van der Waals surface area contributed by atoms with Gasteiger partial charge in [-0.25, -0.2) is 4.98 Å². The lowest BCUT2D eigenvalue weighted by atomic mass is 9.85. The fourth-order valence-corrected chi connectivity index (χ4v) is 6.11. The predicted molar refractivity (Wildman–Crippen MR) is 184 cm³/mol. The molecule has 1 aliphatic rings. The van der Waals surface area contributed by atoms with E-state index in [1.54, 1.807) is 11.3 Å². The number of carbonyl (C=O) groups is 2. The quantitative estimate of drug-likeness (QED) is 0.106. The maximum absolute atomic E-state index is 13.8. The summed E-state index contributed by atoms with van der Waals surface area (Å²) in [5, 5.41) is 16.7. The van der Waals surface area contributed by atoms with Crippen molar-refractivity contribution in [1.29, 1.82) is 0 Å². The van der Waals surface area contributed by atoms with Crippen molar-refractivity contribution in [1.82, 2.24) is 20.5 Å². The predicted octanol–water partition coefficient (Wildman–Crippen LogP) is 3.20. The summed E-state index contributed by atoms with van der Waals surface area (Å²) in [4.78, 5) is 34.0. The molecule has 11 nitrogen and oxygen atoms in total. The van der Waals surface area contributed by atoms with Crippen molar-refractivity contribution in [3.63, 3.8) is 0 Å². The van der Waals surface area contributed by atoms with Crippen LogP contribution in [-0.2, 0) is 35.1 Å². The van der Waals surface area contributed by atoms with Gasteiger partial charge in [0.2, 0.25) is 11.8 Å². The number of thiazole rings is 1. The van der Waals surface area contributed by atoms with E-state index >= 15 is 0 Å². The van der Waals surface area contributed by atoms with Crippen LogP contribution in [0.5, 0.6) is 0 Å². The average molecular weight is 761 g/mol. The van der Waals surface area contributed by atoms with Crippen molar-refractivity contribution in [3.05, 3.63) is 41.0 Å². The molecule has 3 rings (SSSR count). The molecule has 0 unspecified atom stereocenters. The topological polar surface area (TPSA) is 131 Å². The van der Waals surface area contributed by atoms with Crippen LogP contribution in [0.15, 0.2) is 29.8 Å². The first-order chi connectivity index (χ1) is 21.6. The molecule has 2 heterocycles. The van der Waals surface area contributed by atoms with Crippen LogP contribution in [-0.4, -0.2) is 115 Å². The van der Waals surface area contributed by atoms with E-state index in [1.807, 2.05) is 57.5 Å². The van der Waals surface area contributed by atoms with Crippen molar-refractivity contribution in [3.8, 4) is 10.4 Å². The lowest BCUT2D eigenvalue weighted by Crippen LogP contribution is -2.57. The molecule has 1 aromatic heterocycles. The number of β-amino-alcohol motifs (C(OH)–C–C–N with tert-alkyl or cyclic N) is 1. The second kappa shape index (κ2) is 19.8. The van der Waals surface area contributed by atoms with Gasteiger partial charge in [0.15, 0.2) is 0 Å². The number of alkyl halides is 1. The van der Waals surface area contributed by atoms with E-state index in [0.717, 1.165) is 32.7 Å². The number of hydrogen-bond donors (Lipinski definition) is 3. The Morgan fingerprint density at radius 1 is 1.02 bits per heavy atom. The number of hydrogen-bond acceptors (Lipinski definition) is 10. The summed E-state index contributed by atoms with van der Waals surface area (Å²) < 4.78 is 23.0. The summed E-state index contributed by atoms with van der Waals surface area (Å²) in [7, 11) is 0. The minimum Gasteiger partial charge on any atom is -0.391 e. The summed E-state index contributed by atoms with van der Waals surface area (Å²) >= 11 is 3.87. The molecular formula is C32H49IN4O7S. The zero-order valence-corrected chi connectivity index (χ0v) is 29.9. The second-order valence-electron chi connectivity index (χ2n) is 12.0. The number of aliphatic hydroxyl groups excluding tert-OH is 1. The van der Waals surface area contributed by atoms with Gasteiger partial charge in [-0.2, -0.15) is 0 Å². The molecule has 0 radical (unpaired) electrons.